The molecule has 4 heteroatoms. The number of hydrogen-bond acceptors (Lipinski definition) is 3. The van der Waals surface area contributed by atoms with E-state index in [1.54, 1.807) is 6.33 Å². The standard InChI is InChI=1S/C11H20N4/c1-3-5-15-11(13-8-14-15)7-12-10-6-9(10)4-2/h8-10,12H,3-7H2,1-2H3. The van der Waals surface area contributed by atoms with E-state index in [0.29, 0.717) is 0 Å². The van der Waals surface area contributed by atoms with Crippen molar-refractivity contribution < 1.29 is 0 Å². The summed E-state index contributed by atoms with van der Waals surface area (Å²) in [5.74, 6) is 1.96. The highest BCUT2D eigenvalue weighted by Gasteiger charge is 2.34. The summed E-state index contributed by atoms with van der Waals surface area (Å²) in [5.41, 5.74) is 0. The minimum atomic E-state index is 0.724. The van der Waals surface area contributed by atoms with Crippen molar-refractivity contribution in [1.29, 1.82) is 0 Å². The van der Waals surface area contributed by atoms with Crippen LogP contribution >= 0.6 is 0 Å². The van der Waals surface area contributed by atoms with Gasteiger partial charge in [0.2, 0.25) is 0 Å². The molecule has 0 aromatic carbocycles. The monoisotopic (exact) mass is 208 g/mol. The van der Waals surface area contributed by atoms with Gasteiger partial charge in [0.05, 0.1) is 6.54 Å². The summed E-state index contributed by atoms with van der Waals surface area (Å²) in [5, 5.41) is 7.74. The van der Waals surface area contributed by atoms with Crippen LogP contribution in [0.5, 0.6) is 0 Å². The van der Waals surface area contributed by atoms with E-state index in [1.807, 2.05) is 4.68 Å². The molecule has 1 heterocycles. The fraction of sp³-hybridized carbons (Fsp3) is 0.818. The lowest BCUT2D eigenvalue weighted by molar-refractivity contribution is 0.531. The van der Waals surface area contributed by atoms with Crippen molar-refractivity contribution in [3.8, 4) is 0 Å². The van der Waals surface area contributed by atoms with Crippen LogP contribution in [0.15, 0.2) is 6.33 Å². The molecular weight excluding hydrogens is 188 g/mol. The molecule has 1 N–H and O–H groups in total. The van der Waals surface area contributed by atoms with Gasteiger partial charge in [-0.1, -0.05) is 20.3 Å². The van der Waals surface area contributed by atoms with Gasteiger partial charge >= 0.3 is 0 Å². The third-order valence-electron chi connectivity index (χ3n) is 3.10. The van der Waals surface area contributed by atoms with Crippen molar-refractivity contribution in [2.24, 2.45) is 5.92 Å². The Morgan fingerprint density at radius 1 is 1.53 bits per heavy atom. The minimum absolute atomic E-state index is 0.724. The van der Waals surface area contributed by atoms with E-state index in [-0.39, 0.29) is 0 Å². The molecular formula is C11H20N4. The normalized spacial score (nSPS) is 24.4. The maximum absolute atomic E-state index is 4.27. The fourth-order valence-corrected chi connectivity index (χ4v) is 1.99. The first kappa shape index (κ1) is 10.6. The van der Waals surface area contributed by atoms with Crippen LogP contribution in [0, 0.1) is 5.92 Å². The van der Waals surface area contributed by atoms with Gasteiger partial charge in [0, 0.05) is 12.6 Å². The fourth-order valence-electron chi connectivity index (χ4n) is 1.99. The quantitative estimate of drug-likeness (QED) is 0.771. The molecule has 4 nitrogen and oxygen atoms in total. The number of aromatic nitrogens is 3. The molecule has 0 aliphatic heterocycles. The topological polar surface area (TPSA) is 42.7 Å². The van der Waals surface area contributed by atoms with Crippen molar-refractivity contribution in [2.75, 3.05) is 0 Å². The molecule has 0 bridgehead atoms. The average Bonchev–Trinajstić information content (AvgIpc) is 2.88. The van der Waals surface area contributed by atoms with Gasteiger partial charge < -0.3 is 5.32 Å². The lowest BCUT2D eigenvalue weighted by Gasteiger charge is -2.05. The first-order valence-electron chi connectivity index (χ1n) is 5.95. The van der Waals surface area contributed by atoms with Crippen LogP contribution in [0.4, 0.5) is 0 Å². The zero-order chi connectivity index (χ0) is 10.7. The van der Waals surface area contributed by atoms with Crippen LogP contribution < -0.4 is 5.32 Å². The van der Waals surface area contributed by atoms with Gasteiger partial charge in [0.1, 0.15) is 12.2 Å². The van der Waals surface area contributed by atoms with Crippen molar-refractivity contribution in [2.45, 2.75) is 52.2 Å². The molecule has 84 valence electrons. The predicted molar refractivity (Wildman–Crippen MR) is 59.3 cm³/mol. The van der Waals surface area contributed by atoms with E-state index in [2.05, 4.69) is 29.2 Å². The lowest BCUT2D eigenvalue weighted by atomic mass is 10.3. The van der Waals surface area contributed by atoms with Gasteiger partial charge in [-0.3, -0.25) is 0 Å². The van der Waals surface area contributed by atoms with Gasteiger partial charge in [-0.15, -0.1) is 0 Å². The molecule has 15 heavy (non-hydrogen) atoms. The summed E-state index contributed by atoms with van der Waals surface area (Å²) < 4.78 is 2.00. The maximum atomic E-state index is 4.27. The molecule has 0 amide bonds. The molecule has 2 unspecified atom stereocenters. The maximum Gasteiger partial charge on any atom is 0.140 e. The first-order chi connectivity index (χ1) is 7.35. The second-order valence-corrected chi connectivity index (χ2v) is 4.29. The van der Waals surface area contributed by atoms with Crippen LogP contribution in [-0.4, -0.2) is 20.8 Å². The zero-order valence-corrected chi connectivity index (χ0v) is 9.61. The first-order valence-corrected chi connectivity index (χ1v) is 5.95. The van der Waals surface area contributed by atoms with Crippen molar-refractivity contribution in [3.63, 3.8) is 0 Å². The molecule has 0 radical (unpaired) electrons. The predicted octanol–water partition coefficient (Wildman–Crippen LogP) is 1.58. The van der Waals surface area contributed by atoms with E-state index in [4.69, 9.17) is 0 Å². The molecule has 1 aliphatic carbocycles. The van der Waals surface area contributed by atoms with Crippen LogP contribution in [0.1, 0.15) is 38.9 Å². The van der Waals surface area contributed by atoms with Crippen LogP contribution in [0.25, 0.3) is 0 Å². The highest BCUT2D eigenvalue weighted by Crippen LogP contribution is 2.33. The Balaban J connectivity index is 1.80. The molecule has 0 spiro atoms. The van der Waals surface area contributed by atoms with E-state index < -0.39 is 0 Å². The number of rotatable bonds is 6. The van der Waals surface area contributed by atoms with Crippen molar-refractivity contribution in [1.82, 2.24) is 20.1 Å². The van der Waals surface area contributed by atoms with Gasteiger partial charge in [-0.25, -0.2) is 9.67 Å². The largest absolute Gasteiger partial charge is 0.307 e. The highest BCUT2D eigenvalue weighted by molar-refractivity contribution is 4.94. The Morgan fingerprint density at radius 3 is 3.07 bits per heavy atom. The van der Waals surface area contributed by atoms with Crippen LogP contribution in [-0.2, 0) is 13.1 Å². The Kier molecular flexibility index (Phi) is 3.36. The molecule has 0 saturated heterocycles. The summed E-state index contributed by atoms with van der Waals surface area (Å²) in [7, 11) is 0. The third-order valence-corrected chi connectivity index (χ3v) is 3.10. The molecule has 2 rings (SSSR count). The number of nitrogens with one attached hydrogen (secondary N) is 1. The van der Waals surface area contributed by atoms with Crippen LogP contribution in [0.2, 0.25) is 0 Å². The third kappa shape index (κ3) is 2.56. The zero-order valence-electron chi connectivity index (χ0n) is 9.61. The van der Waals surface area contributed by atoms with Crippen LogP contribution in [0.3, 0.4) is 0 Å². The molecule has 1 saturated carbocycles. The van der Waals surface area contributed by atoms with E-state index in [0.717, 1.165) is 37.3 Å². The van der Waals surface area contributed by atoms with E-state index in [9.17, 15) is 0 Å². The molecule has 1 aromatic heterocycles. The lowest BCUT2D eigenvalue weighted by Crippen LogP contribution is -2.21. The Labute approximate surface area is 91.1 Å². The van der Waals surface area contributed by atoms with E-state index >= 15 is 0 Å². The van der Waals surface area contributed by atoms with E-state index in [1.165, 1.54) is 12.8 Å². The second-order valence-electron chi connectivity index (χ2n) is 4.29. The van der Waals surface area contributed by atoms with Gasteiger partial charge in [0.25, 0.3) is 0 Å². The number of nitrogens with zero attached hydrogens (tertiary/aromatic N) is 3. The Morgan fingerprint density at radius 2 is 2.40 bits per heavy atom. The average molecular weight is 208 g/mol. The molecule has 1 fully saturated rings. The Bertz CT molecular complexity index is 307. The SMILES string of the molecule is CCCn1ncnc1CNC1CC1CC. The molecule has 1 aliphatic rings. The van der Waals surface area contributed by atoms with Gasteiger partial charge in [-0.05, 0) is 18.8 Å². The molecule has 2 atom stereocenters. The summed E-state index contributed by atoms with van der Waals surface area (Å²) in [6.07, 6.45) is 5.38. The van der Waals surface area contributed by atoms with Crippen molar-refractivity contribution in [3.05, 3.63) is 12.2 Å². The second kappa shape index (κ2) is 4.75. The minimum Gasteiger partial charge on any atom is -0.307 e. The van der Waals surface area contributed by atoms with Gasteiger partial charge in [-0.2, -0.15) is 5.10 Å². The highest BCUT2D eigenvalue weighted by atomic mass is 15.3. The number of aryl methyl sites for hydroxylation is 1. The van der Waals surface area contributed by atoms with Crippen molar-refractivity contribution >= 4 is 0 Å². The molecule has 1 aromatic rings. The summed E-state index contributed by atoms with van der Waals surface area (Å²) in [4.78, 5) is 4.27. The summed E-state index contributed by atoms with van der Waals surface area (Å²) in [6, 6.07) is 0.724. The number of hydrogen-bond donors (Lipinski definition) is 1. The summed E-state index contributed by atoms with van der Waals surface area (Å²) >= 11 is 0. The smallest absolute Gasteiger partial charge is 0.140 e. The summed E-state index contributed by atoms with van der Waals surface area (Å²) in [6.45, 7) is 6.25. The Hall–Kier alpha value is -0.900. The van der Waals surface area contributed by atoms with Gasteiger partial charge in [0.15, 0.2) is 0 Å².